The molecule has 5 heteroatoms. The Hall–Kier alpha value is -1.52. The molecule has 1 N–H and O–H groups in total. The Morgan fingerprint density at radius 3 is 2.70 bits per heavy atom. The van der Waals surface area contributed by atoms with E-state index in [1.54, 1.807) is 26.0 Å². The molecule has 1 aromatic heterocycles. The van der Waals surface area contributed by atoms with Crippen molar-refractivity contribution in [2.45, 2.75) is 31.2 Å². The van der Waals surface area contributed by atoms with E-state index in [1.807, 2.05) is 6.07 Å². The van der Waals surface area contributed by atoms with Gasteiger partial charge in [0.2, 0.25) is 0 Å². The first-order valence-corrected chi connectivity index (χ1v) is 6.67. The highest BCUT2D eigenvalue weighted by atomic mass is 35.5. The maximum Gasteiger partial charge on any atom is 0.336 e. The maximum absolute atomic E-state index is 11.2. The number of aliphatic hydroxyl groups is 1. The lowest BCUT2D eigenvalue weighted by molar-refractivity contribution is 0.138. The number of methoxy groups -OCH3 is 1. The van der Waals surface area contributed by atoms with Crippen LogP contribution in [0.5, 0.6) is 5.75 Å². The van der Waals surface area contributed by atoms with Crippen molar-refractivity contribution in [3.63, 3.8) is 0 Å². The van der Waals surface area contributed by atoms with Gasteiger partial charge in [0, 0.05) is 23.9 Å². The minimum Gasteiger partial charge on any atom is -0.496 e. The van der Waals surface area contributed by atoms with Crippen molar-refractivity contribution in [2.24, 2.45) is 0 Å². The summed E-state index contributed by atoms with van der Waals surface area (Å²) in [6.45, 7) is 3.51. The molecule has 0 amide bonds. The summed E-state index contributed by atoms with van der Waals surface area (Å²) in [5, 5.41) is 10.9. The van der Waals surface area contributed by atoms with Gasteiger partial charge in [0.25, 0.3) is 0 Å². The predicted molar refractivity (Wildman–Crippen MR) is 78.7 cm³/mol. The highest BCUT2D eigenvalue weighted by molar-refractivity contribution is 6.23. The van der Waals surface area contributed by atoms with Crippen molar-refractivity contribution in [1.29, 1.82) is 0 Å². The molecule has 2 aromatic rings. The minimum atomic E-state index is -0.733. The Kier molecular flexibility index (Phi) is 4.06. The fourth-order valence-corrected chi connectivity index (χ4v) is 2.02. The van der Waals surface area contributed by atoms with Crippen LogP contribution < -0.4 is 10.4 Å². The number of rotatable bonds is 4. The lowest BCUT2D eigenvalue weighted by Crippen LogP contribution is -2.32. The van der Waals surface area contributed by atoms with Gasteiger partial charge >= 0.3 is 5.63 Å². The molecule has 0 aliphatic carbocycles. The van der Waals surface area contributed by atoms with Gasteiger partial charge in [-0.15, -0.1) is 11.6 Å². The molecule has 4 nitrogen and oxygen atoms in total. The first-order chi connectivity index (χ1) is 9.31. The molecule has 1 atom stereocenters. The molecule has 0 aliphatic rings. The van der Waals surface area contributed by atoms with Gasteiger partial charge in [-0.05, 0) is 31.5 Å². The molecule has 1 aromatic carbocycles. The molecular weight excluding hydrogens is 280 g/mol. The molecule has 0 fully saturated rings. The zero-order chi connectivity index (χ0) is 14.9. The topological polar surface area (TPSA) is 59.7 Å². The number of ether oxygens (including phenoxy) is 1. The van der Waals surface area contributed by atoms with Gasteiger partial charge in [0.05, 0.1) is 18.1 Å². The number of halogens is 1. The van der Waals surface area contributed by atoms with E-state index in [0.29, 0.717) is 17.8 Å². The van der Waals surface area contributed by atoms with E-state index < -0.39 is 16.6 Å². The van der Waals surface area contributed by atoms with Crippen LogP contribution in [-0.4, -0.2) is 23.2 Å². The summed E-state index contributed by atoms with van der Waals surface area (Å²) in [5.41, 5.74) is 0.863. The normalized spacial score (nSPS) is 13.4. The molecular formula is C15H17ClO4. The second-order valence-corrected chi connectivity index (χ2v) is 6.21. The Bertz CT molecular complexity index is 670. The van der Waals surface area contributed by atoms with Crippen LogP contribution in [0.1, 0.15) is 19.4 Å². The summed E-state index contributed by atoms with van der Waals surface area (Å²) in [6.07, 6.45) is -0.361. The molecule has 108 valence electrons. The summed E-state index contributed by atoms with van der Waals surface area (Å²) in [7, 11) is 1.53. The maximum atomic E-state index is 11.2. The van der Waals surface area contributed by atoms with Gasteiger partial charge in [0.15, 0.2) is 0 Å². The van der Waals surface area contributed by atoms with E-state index in [2.05, 4.69) is 0 Å². The van der Waals surface area contributed by atoms with E-state index in [0.717, 1.165) is 10.9 Å². The molecule has 0 bridgehead atoms. The summed E-state index contributed by atoms with van der Waals surface area (Å²) in [5.74, 6) is 0.562. The monoisotopic (exact) mass is 296 g/mol. The van der Waals surface area contributed by atoms with Gasteiger partial charge in [-0.2, -0.15) is 0 Å². The molecule has 0 saturated carbocycles. The standard InChI is InChI=1S/C15H17ClO4/c1-15(2,16)13(17)7-10-6-9-4-5-14(18)20-12(9)8-11(10)19-3/h4-6,8,13,17H,7H2,1-3H3. The summed E-state index contributed by atoms with van der Waals surface area (Å²) < 4.78 is 10.4. The van der Waals surface area contributed by atoms with Crippen molar-refractivity contribution in [1.82, 2.24) is 0 Å². The summed E-state index contributed by atoms with van der Waals surface area (Å²) in [4.78, 5) is 10.5. The number of alkyl halides is 1. The first-order valence-electron chi connectivity index (χ1n) is 6.29. The molecule has 1 heterocycles. The third-order valence-electron chi connectivity index (χ3n) is 3.23. The van der Waals surface area contributed by atoms with Gasteiger partial charge in [-0.3, -0.25) is 0 Å². The van der Waals surface area contributed by atoms with Crippen molar-refractivity contribution in [2.75, 3.05) is 7.11 Å². The average Bonchev–Trinajstić information content (AvgIpc) is 2.37. The van der Waals surface area contributed by atoms with Crippen molar-refractivity contribution in [3.8, 4) is 5.75 Å². The Balaban J connectivity index is 2.47. The largest absolute Gasteiger partial charge is 0.496 e. The van der Waals surface area contributed by atoms with Crippen LogP contribution in [0.4, 0.5) is 0 Å². The van der Waals surface area contributed by atoms with Crippen LogP contribution in [0, 0.1) is 0 Å². The second kappa shape index (κ2) is 5.46. The smallest absolute Gasteiger partial charge is 0.336 e. The molecule has 0 spiro atoms. The van der Waals surface area contributed by atoms with E-state index >= 15 is 0 Å². The number of hydrogen-bond donors (Lipinski definition) is 1. The van der Waals surface area contributed by atoms with Gasteiger partial charge < -0.3 is 14.3 Å². The molecule has 1 unspecified atom stereocenters. The van der Waals surface area contributed by atoms with Crippen LogP contribution in [-0.2, 0) is 6.42 Å². The second-order valence-electron chi connectivity index (χ2n) is 5.24. The Morgan fingerprint density at radius 1 is 1.40 bits per heavy atom. The third kappa shape index (κ3) is 3.14. The highest BCUT2D eigenvalue weighted by Crippen LogP contribution is 2.29. The van der Waals surface area contributed by atoms with Gasteiger partial charge in [0.1, 0.15) is 11.3 Å². The molecule has 2 rings (SSSR count). The van der Waals surface area contributed by atoms with Crippen molar-refractivity contribution in [3.05, 3.63) is 40.2 Å². The number of hydrogen-bond acceptors (Lipinski definition) is 4. The fraction of sp³-hybridized carbons (Fsp3) is 0.400. The first kappa shape index (κ1) is 14.9. The van der Waals surface area contributed by atoms with Gasteiger partial charge in [-0.25, -0.2) is 4.79 Å². The van der Waals surface area contributed by atoms with Gasteiger partial charge in [-0.1, -0.05) is 0 Å². The van der Waals surface area contributed by atoms with Crippen molar-refractivity contribution >= 4 is 22.6 Å². The van der Waals surface area contributed by atoms with Crippen LogP contribution in [0.2, 0.25) is 0 Å². The number of fused-ring (bicyclic) bond motifs is 1. The Morgan fingerprint density at radius 2 is 2.10 bits per heavy atom. The van der Waals surface area contributed by atoms with Crippen LogP contribution >= 0.6 is 11.6 Å². The number of benzene rings is 1. The fourth-order valence-electron chi connectivity index (χ4n) is 1.94. The molecule has 0 radical (unpaired) electrons. The average molecular weight is 297 g/mol. The highest BCUT2D eigenvalue weighted by Gasteiger charge is 2.26. The SMILES string of the molecule is COc1cc2oc(=O)ccc2cc1CC(O)C(C)(C)Cl. The third-order valence-corrected chi connectivity index (χ3v) is 3.48. The summed E-state index contributed by atoms with van der Waals surface area (Å²) in [6, 6.07) is 6.53. The number of aliphatic hydroxyl groups excluding tert-OH is 1. The van der Waals surface area contributed by atoms with E-state index in [4.69, 9.17) is 20.8 Å². The van der Waals surface area contributed by atoms with Crippen molar-refractivity contribution < 1.29 is 14.3 Å². The lowest BCUT2D eigenvalue weighted by Gasteiger charge is -2.24. The molecule has 0 saturated heterocycles. The summed E-state index contributed by atoms with van der Waals surface area (Å²) >= 11 is 6.12. The zero-order valence-corrected chi connectivity index (χ0v) is 12.4. The van der Waals surface area contributed by atoms with Crippen LogP contribution in [0.3, 0.4) is 0 Å². The minimum absolute atomic E-state index is 0.356. The van der Waals surface area contributed by atoms with Crippen LogP contribution in [0.25, 0.3) is 11.0 Å². The zero-order valence-electron chi connectivity index (χ0n) is 11.6. The lowest BCUT2D eigenvalue weighted by atomic mass is 9.97. The van der Waals surface area contributed by atoms with E-state index in [1.165, 1.54) is 13.2 Å². The van der Waals surface area contributed by atoms with E-state index in [9.17, 15) is 9.90 Å². The molecule has 20 heavy (non-hydrogen) atoms. The Labute approximate surface area is 121 Å². The van der Waals surface area contributed by atoms with Crippen LogP contribution in [0.15, 0.2) is 33.5 Å². The predicted octanol–water partition coefficient (Wildman–Crippen LogP) is 2.72. The molecule has 0 aliphatic heterocycles. The quantitative estimate of drug-likeness (QED) is 0.696. The van der Waals surface area contributed by atoms with E-state index in [-0.39, 0.29) is 0 Å².